The Labute approximate surface area is 116 Å². The van der Waals surface area contributed by atoms with Gasteiger partial charge in [-0.15, -0.1) is 0 Å². The SMILES string of the molecule is N/C(CCN(Cc1ccccc1Br)C1CC1)=N/O. The minimum Gasteiger partial charge on any atom is -0.409 e. The second-order valence-corrected chi connectivity index (χ2v) is 5.49. The van der Waals surface area contributed by atoms with Gasteiger partial charge in [0.05, 0.1) is 0 Å². The molecule has 0 heterocycles. The van der Waals surface area contributed by atoms with E-state index in [1.54, 1.807) is 0 Å². The minimum absolute atomic E-state index is 0.299. The Morgan fingerprint density at radius 2 is 2.17 bits per heavy atom. The summed E-state index contributed by atoms with van der Waals surface area (Å²) in [4.78, 5) is 2.40. The molecule has 0 amide bonds. The zero-order valence-corrected chi connectivity index (χ0v) is 11.8. The summed E-state index contributed by atoms with van der Waals surface area (Å²) >= 11 is 3.57. The Hall–Kier alpha value is -1.07. The number of hydrogen-bond donors (Lipinski definition) is 2. The summed E-state index contributed by atoms with van der Waals surface area (Å²) in [7, 11) is 0. The first-order chi connectivity index (χ1) is 8.70. The van der Waals surface area contributed by atoms with Crippen molar-refractivity contribution < 1.29 is 5.21 Å². The highest BCUT2D eigenvalue weighted by Crippen LogP contribution is 2.29. The first-order valence-corrected chi connectivity index (χ1v) is 6.94. The van der Waals surface area contributed by atoms with Gasteiger partial charge in [0, 0.05) is 30.0 Å². The lowest BCUT2D eigenvalue weighted by atomic mass is 10.2. The van der Waals surface area contributed by atoms with Gasteiger partial charge < -0.3 is 10.9 Å². The maximum absolute atomic E-state index is 8.57. The van der Waals surface area contributed by atoms with E-state index in [0.717, 1.165) is 17.6 Å². The lowest BCUT2D eigenvalue weighted by Crippen LogP contribution is -2.30. The third-order valence-electron chi connectivity index (χ3n) is 3.18. The van der Waals surface area contributed by atoms with E-state index in [1.807, 2.05) is 6.07 Å². The number of amidine groups is 1. The van der Waals surface area contributed by atoms with Crippen LogP contribution in [0.25, 0.3) is 0 Å². The summed E-state index contributed by atoms with van der Waals surface area (Å²) in [6, 6.07) is 8.91. The van der Waals surface area contributed by atoms with Gasteiger partial charge in [-0.3, -0.25) is 4.90 Å². The summed E-state index contributed by atoms with van der Waals surface area (Å²) in [5, 5.41) is 11.6. The average molecular weight is 312 g/mol. The van der Waals surface area contributed by atoms with Crippen LogP contribution in [0.15, 0.2) is 33.9 Å². The zero-order chi connectivity index (χ0) is 13.0. The summed E-state index contributed by atoms with van der Waals surface area (Å²) in [6.07, 6.45) is 3.11. The van der Waals surface area contributed by atoms with E-state index in [1.165, 1.54) is 18.4 Å². The van der Waals surface area contributed by atoms with Gasteiger partial charge in [-0.05, 0) is 24.5 Å². The van der Waals surface area contributed by atoms with Gasteiger partial charge in [-0.1, -0.05) is 39.3 Å². The molecule has 0 spiro atoms. The van der Waals surface area contributed by atoms with E-state index in [0.29, 0.717) is 18.3 Å². The molecule has 1 aliphatic carbocycles. The number of hydrogen-bond acceptors (Lipinski definition) is 3. The molecule has 18 heavy (non-hydrogen) atoms. The molecule has 0 atom stereocenters. The van der Waals surface area contributed by atoms with Crippen molar-refractivity contribution in [3.05, 3.63) is 34.3 Å². The number of oxime groups is 1. The Kier molecular flexibility index (Phi) is 4.60. The van der Waals surface area contributed by atoms with Crippen molar-refractivity contribution in [1.82, 2.24) is 4.90 Å². The first kappa shape index (κ1) is 13.4. The topological polar surface area (TPSA) is 61.8 Å². The zero-order valence-electron chi connectivity index (χ0n) is 10.2. The number of rotatable bonds is 6. The van der Waals surface area contributed by atoms with E-state index >= 15 is 0 Å². The van der Waals surface area contributed by atoms with Crippen molar-refractivity contribution >= 4 is 21.8 Å². The monoisotopic (exact) mass is 311 g/mol. The number of nitrogens with zero attached hydrogens (tertiary/aromatic N) is 2. The van der Waals surface area contributed by atoms with Crippen molar-refractivity contribution in [2.24, 2.45) is 10.9 Å². The Bertz CT molecular complexity index is 432. The molecule has 1 saturated carbocycles. The predicted molar refractivity (Wildman–Crippen MR) is 75.6 cm³/mol. The maximum Gasteiger partial charge on any atom is 0.140 e. The standard InChI is InChI=1S/C13H18BrN3O/c14-12-4-2-1-3-10(12)9-17(11-5-6-11)8-7-13(15)16-18/h1-4,11,18H,5-9H2,(H2,15,16). The van der Waals surface area contributed by atoms with Gasteiger partial charge in [0.2, 0.25) is 0 Å². The molecule has 98 valence electrons. The summed E-state index contributed by atoms with van der Waals surface area (Å²) < 4.78 is 1.14. The lowest BCUT2D eigenvalue weighted by molar-refractivity contribution is 0.259. The van der Waals surface area contributed by atoms with Crippen LogP contribution in [0.2, 0.25) is 0 Å². The van der Waals surface area contributed by atoms with Crippen LogP contribution >= 0.6 is 15.9 Å². The van der Waals surface area contributed by atoms with Crippen LogP contribution in [0.5, 0.6) is 0 Å². The molecule has 1 aromatic carbocycles. The van der Waals surface area contributed by atoms with Gasteiger partial charge in [-0.2, -0.15) is 0 Å². The predicted octanol–water partition coefficient (Wildman–Crippen LogP) is 2.55. The van der Waals surface area contributed by atoms with Gasteiger partial charge in [0.15, 0.2) is 0 Å². The number of halogens is 1. The quantitative estimate of drug-likeness (QED) is 0.367. The molecule has 1 fully saturated rings. The molecular weight excluding hydrogens is 294 g/mol. The molecule has 0 saturated heterocycles. The summed E-state index contributed by atoms with van der Waals surface area (Å²) in [5.41, 5.74) is 6.81. The van der Waals surface area contributed by atoms with Crippen molar-refractivity contribution in [2.75, 3.05) is 6.54 Å². The van der Waals surface area contributed by atoms with E-state index in [-0.39, 0.29) is 0 Å². The molecule has 2 rings (SSSR count). The van der Waals surface area contributed by atoms with Gasteiger partial charge in [-0.25, -0.2) is 0 Å². The molecule has 0 radical (unpaired) electrons. The van der Waals surface area contributed by atoms with Crippen molar-refractivity contribution in [3.8, 4) is 0 Å². The van der Waals surface area contributed by atoms with Crippen LogP contribution in [0.4, 0.5) is 0 Å². The maximum atomic E-state index is 8.57. The van der Waals surface area contributed by atoms with Crippen molar-refractivity contribution in [3.63, 3.8) is 0 Å². The van der Waals surface area contributed by atoms with Crippen LogP contribution in [0.3, 0.4) is 0 Å². The lowest BCUT2D eigenvalue weighted by Gasteiger charge is -2.22. The largest absolute Gasteiger partial charge is 0.409 e. The third kappa shape index (κ3) is 3.71. The highest BCUT2D eigenvalue weighted by molar-refractivity contribution is 9.10. The van der Waals surface area contributed by atoms with E-state index < -0.39 is 0 Å². The molecule has 0 unspecified atom stereocenters. The fraction of sp³-hybridized carbons (Fsp3) is 0.462. The van der Waals surface area contributed by atoms with Crippen LogP contribution in [-0.4, -0.2) is 28.5 Å². The normalized spacial score (nSPS) is 16.2. The molecule has 5 heteroatoms. The third-order valence-corrected chi connectivity index (χ3v) is 3.95. The Morgan fingerprint density at radius 3 is 2.78 bits per heavy atom. The Morgan fingerprint density at radius 1 is 1.44 bits per heavy atom. The molecule has 0 bridgehead atoms. The van der Waals surface area contributed by atoms with Crippen LogP contribution in [0.1, 0.15) is 24.8 Å². The Balaban J connectivity index is 1.96. The second kappa shape index (κ2) is 6.20. The average Bonchev–Trinajstić information content (AvgIpc) is 3.20. The molecular formula is C13H18BrN3O. The van der Waals surface area contributed by atoms with Crippen LogP contribution in [-0.2, 0) is 6.54 Å². The van der Waals surface area contributed by atoms with E-state index in [4.69, 9.17) is 10.9 Å². The van der Waals surface area contributed by atoms with E-state index in [2.05, 4.69) is 44.2 Å². The van der Waals surface area contributed by atoms with Gasteiger partial charge >= 0.3 is 0 Å². The fourth-order valence-electron chi connectivity index (χ4n) is 1.98. The molecule has 0 aromatic heterocycles. The highest BCUT2D eigenvalue weighted by atomic mass is 79.9. The highest BCUT2D eigenvalue weighted by Gasteiger charge is 2.29. The van der Waals surface area contributed by atoms with Crippen molar-refractivity contribution in [2.45, 2.75) is 31.8 Å². The minimum atomic E-state index is 0.299. The molecule has 1 aliphatic rings. The van der Waals surface area contributed by atoms with Crippen molar-refractivity contribution in [1.29, 1.82) is 0 Å². The smallest absolute Gasteiger partial charge is 0.140 e. The first-order valence-electron chi connectivity index (χ1n) is 6.14. The molecule has 3 N–H and O–H groups in total. The van der Waals surface area contributed by atoms with Gasteiger partial charge in [0.1, 0.15) is 5.84 Å². The number of nitrogens with two attached hydrogens (primary N) is 1. The second-order valence-electron chi connectivity index (χ2n) is 4.63. The van der Waals surface area contributed by atoms with Crippen LogP contribution in [0, 0.1) is 0 Å². The summed E-state index contributed by atoms with van der Waals surface area (Å²) in [5.74, 6) is 0.299. The summed E-state index contributed by atoms with van der Waals surface area (Å²) in [6.45, 7) is 1.74. The molecule has 1 aromatic rings. The molecule has 4 nitrogen and oxygen atoms in total. The fourth-order valence-corrected chi connectivity index (χ4v) is 2.39. The van der Waals surface area contributed by atoms with E-state index in [9.17, 15) is 0 Å². The van der Waals surface area contributed by atoms with Gasteiger partial charge in [0.25, 0.3) is 0 Å². The molecule has 0 aliphatic heterocycles. The number of benzene rings is 1. The van der Waals surface area contributed by atoms with Crippen LogP contribution < -0.4 is 5.73 Å².